The van der Waals surface area contributed by atoms with E-state index in [2.05, 4.69) is 10.0 Å². The van der Waals surface area contributed by atoms with Crippen molar-refractivity contribution >= 4 is 50.2 Å². The van der Waals surface area contributed by atoms with Crippen LogP contribution in [0.25, 0.3) is 0 Å². The van der Waals surface area contributed by atoms with Gasteiger partial charge in [0.1, 0.15) is 0 Å². The number of amides is 1. The maximum atomic E-state index is 12.4. The third-order valence-electron chi connectivity index (χ3n) is 3.31. The number of nitrogens with one attached hydrogen (secondary N) is 2. The van der Waals surface area contributed by atoms with Gasteiger partial charge in [-0.25, -0.2) is 8.42 Å². The molecule has 1 aromatic heterocycles. The van der Waals surface area contributed by atoms with Gasteiger partial charge in [0.25, 0.3) is 15.9 Å². The first-order chi connectivity index (χ1) is 12.0. The van der Waals surface area contributed by atoms with Crippen molar-refractivity contribution in [3.8, 4) is 0 Å². The fraction of sp³-hybridized carbons (Fsp3) is 0. The lowest BCUT2D eigenvalue weighted by Crippen LogP contribution is -2.17. The van der Waals surface area contributed by atoms with Gasteiger partial charge in [0.15, 0.2) is 0 Å². The summed E-state index contributed by atoms with van der Waals surface area (Å²) in [4.78, 5) is 12.6. The molecule has 0 unspecified atom stereocenters. The van der Waals surface area contributed by atoms with Crippen molar-refractivity contribution in [1.82, 2.24) is 0 Å². The quantitative estimate of drug-likeness (QED) is 0.673. The highest BCUT2D eigenvalue weighted by atomic mass is 35.5. The molecule has 0 radical (unpaired) electrons. The van der Waals surface area contributed by atoms with Crippen molar-refractivity contribution in [2.24, 2.45) is 0 Å². The number of benzene rings is 2. The van der Waals surface area contributed by atoms with Crippen LogP contribution in [-0.2, 0) is 10.0 Å². The Morgan fingerprint density at radius 3 is 2.32 bits per heavy atom. The standard InChI is InChI=1S/C17H13ClN2O3S2/c18-12-6-8-13(9-7-12)19-17(21)15-10-24-11-16(15)20-25(22,23)14-4-2-1-3-5-14/h1-11,20H,(H,19,21). The first kappa shape index (κ1) is 17.5. The Morgan fingerprint density at radius 2 is 1.64 bits per heavy atom. The number of hydrogen-bond donors (Lipinski definition) is 2. The van der Waals surface area contributed by atoms with Crippen molar-refractivity contribution in [2.75, 3.05) is 10.0 Å². The highest BCUT2D eigenvalue weighted by molar-refractivity contribution is 7.92. The molecular weight excluding hydrogens is 380 g/mol. The topological polar surface area (TPSA) is 75.3 Å². The Morgan fingerprint density at radius 1 is 0.960 bits per heavy atom. The number of anilines is 2. The zero-order chi connectivity index (χ0) is 17.9. The van der Waals surface area contributed by atoms with Gasteiger partial charge in [0.2, 0.25) is 0 Å². The minimum Gasteiger partial charge on any atom is -0.322 e. The number of thiophene rings is 1. The highest BCUT2D eigenvalue weighted by Gasteiger charge is 2.19. The van der Waals surface area contributed by atoms with Gasteiger partial charge in [-0.3, -0.25) is 9.52 Å². The number of carbonyl (C=O) groups excluding carboxylic acids is 1. The fourth-order valence-corrected chi connectivity index (χ4v) is 4.14. The average Bonchev–Trinajstić information content (AvgIpc) is 3.05. The molecule has 0 saturated heterocycles. The molecule has 8 heteroatoms. The minimum atomic E-state index is -3.76. The fourth-order valence-electron chi connectivity index (χ4n) is 2.09. The summed E-state index contributed by atoms with van der Waals surface area (Å²) < 4.78 is 27.3. The van der Waals surface area contributed by atoms with Gasteiger partial charge >= 0.3 is 0 Å². The molecule has 0 aliphatic carbocycles. The maximum Gasteiger partial charge on any atom is 0.261 e. The summed E-state index contributed by atoms with van der Waals surface area (Å²) in [6.45, 7) is 0. The highest BCUT2D eigenvalue weighted by Crippen LogP contribution is 2.25. The van der Waals surface area contributed by atoms with Crippen LogP contribution in [0, 0.1) is 0 Å². The van der Waals surface area contributed by atoms with Gasteiger partial charge in [0, 0.05) is 21.5 Å². The van der Waals surface area contributed by atoms with Gasteiger partial charge in [-0.15, -0.1) is 11.3 Å². The lowest BCUT2D eigenvalue weighted by molar-refractivity contribution is 0.102. The van der Waals surface area contributed by atoms with Crippen molar-refractivity contribution in [3.63, 3.8) is 0 Å². The zero-order valence-corrected chi connectivity index (χ0v) is 15.2. The second-order valence-electron chi connectivity index (χ2n) is 5.08. The predicted octanol–water partition coefficient (Wildman–Crippen LogP) is 4.45. The maximum absolute atomic E-state index is 12.4. The van der Waals surface area contributed by atoms with Crippen LogP contribution in [0.1, 0.15) is 10.4 Å². The Labute approximate surface area is 154 Å². The van der Waals surface area contributed by atoms with Crippen molar-refractivity contribution in [3.05, 3.63) is 75.9 Å². The molecule has 0 spiro atoms. The third kappa shape index (κ3) is 4.19. The molecule has 2 N–H and O–H groups in total. The van der Waals surface area contributed by atoms with Crippen LogP contribution in [0.2, 0.25) is 5.02 Å². The molecule has 128 valence electrons. The molecule has 3 rings (SSSR count). The van der Waals surface area contributed by atoms with Crippen LogP contribution >= 0.6 is 22.9 Å². The Bertz CT molecular complexity index is 984. The second-order valence-corrected chi connectivity index (χ2v) is 7.94. The van der Waals surface area contributed by atoms with Gasteiger partial charge < -0.3 is 5.32 Å². The van der Waals surface area contributed by atoms with Crippen LogP contribution in [-0.4, -0.2) is 14.3 Å². The Kier molecular flexibility index (Phi) is 5.08. The lowest BCUT2D eigenvalue weighted by atomic mass is 10.2. The van der Waals surface area contributed by atoms with Crippen molar-refractivity contribution in [2.45, 2.75) is 4.90 Å². The molecular formula is C17H13ClN2O3S2. The first-order valence-electron chi connectivity index (χ1n) is 7.17. The smallest absolute Gasteiger partial charge is 0.261 e. The summed E-state index contributed by atoms with van der Waals surface area (Å²) in [5.74, 6) is -0.408. The van der Waals surface area contributed by atoms with E-state index in [0.29, 0.717) is 10.7 Å². The molecule has 1 amide bonds. The molecule has 0 aliphatic rings. The lowest BCUT2D eigenvalue weighted by Gasteiger charge is -2.09. The average molecular weight is 393 g/mol. The van der Waals surface area contributed by atoms with Crippen LogP contribution in [0.15, 0.2) is 70.3 Å². The van der Waals surface area contributed by atoms with E-state index in [9.17, 15) is 13.2 Å². The number of sulfonamides is 1. The van der Waals surface area contributed by atoms with E-state index in [4.69, 9.17) is 11.6 Å². The SMILES string of the molecule is O=C(Nc1ccc(Cl)cc1)c1cscc1NS(=O)(=O)c1ccccc1. The monoisotopic (exact) mass is 392 g/mol. The van der Waals surface area contributed by atoms with E-state index in [1.807, 2.05) is 0 Å². The molecule has 25 heavy (non-hydrogen) atoms. The van der Waals surface area contributed by atoms with Gasteiger partial charge in [0.05, 0.1) is 16.1 Å². The van der Waals surface area contributed by atoms with E-state index in [0.717, 1.165) is 0 Å². The molecule has 5 nitrogen and oxygen atoms in total. The number of rotatable bonds is 5. The molecule has 1 heterocycles. The van der Waals surface area contributed by atoms with E-state index in [1.165, 1.54) is 23.5 Å². The van der Waals surface area contributed by atoms with Crippen LogP contribution in [0.4, 0.5) is 11.4 Å². The third-order valence-corrected chi connectivity index (χ3v) is 5.68. The van der Waals surface area contributed by atoms with E-state index in [-0.39, 0.29) is 16.1 Å². The first-order valence-corrected chi connectivity index (χ1v) is 9.97. The summed E-state index contributed by atoms with van der Waals surface area (Å²) in [5, 5.41) is 6.44. The number of halogens is 1. The molecule has 0 bridgehead atoms. The molecule has 0 atom stereocenters. The Hall–Kier alpha value is -2.35. The number of carbonyl (C=O) groups is 1. The van der Waals surface area contributed by atoms with Crippen LogP contribution in [0.5, 0.6) is 0 Å². The zero-order valence-electron chi connectivity index (χ0n) is 12.8. The largest absolute Gasteiger partial charge is 0.322 e. The van der Waals surface area contributed by atoms with Crippen LogP contribution in [0.3, 0.4) is 0 Å². The minimum absolute atomic E-state index is 0.130. The van der Waals surface area contributed by atoms with Gasteiger partial charge in [-0.2, -0.15) is 0 Å². The summed E-state index contributed by atoms with van der Waals surface area (Å²) in [6, 6.07) is 14.6. The molecule has 2 aromatic carbocycles. The number of hydrogen-bond acceptors (Lipinski definition) is 4. The van der Waals surface area contributed by atoms with E-state index in [1.54, 1.807) is 53.2 Å². The molecule has 0 aliphatic heterocycles. The summed E-state index contributed by atoms with van der Waals surface area (Å²) in [7, 11) is -3.76. The normalized spacial score (nSPS) is 11.1. The molecule has 0 fully saturated rings. The Balaban J connectivity index is 1.80. The molecule has 3 aromatic rings. The van der Waals surface area contributed by atoms with E-state index >= 15 is 0 Å². The van der Waals surface area contributed by atoms with Crippen LogP contribution < -0.4 is 10.0 Å². The summed E-state index contributed by atoms with van der Waals surface area (Å²) in [6.07, 6.45) is 0. The second kappa shape index (κ2) is 7.26. The van der Waals surface area contributed by atoms with E-state index < -0.39 is 15.9 Å². The van der Waals surface area contributed by atoms with Crippen molar-refractivity contribution < 1.29 is 13.2 Å². The predicted molar refractivity (Wildman–Crippen MR) is 101 cm³/mol. The summed E-state index contributed by atoms with van der Waals surface area (Å²) in [5.41, 5.74) is 1.05. The van der Waals surface area contributed by atoms with Gasteiger partial charge in [-0.05, 0) is 36.4 Å². The van der Waals surface area contributed by atoms with Crippen molar-refractivity contribution in [1.29, 1.82) is 0 Å². The summed E-state index contributed by atoms with van der Waals surface area (Å²) >= 11 is 7.05. The molecule has 0 saturated carbocycles. The van der Waals surface area contributed by atoms with Gasteiger partial charge in [-0.1, -0.05) is 29.8 Å².